The number of aromatic hydroxyl groups is 1. The maximum atomic E-state index is 11.0. The molecule has 1 heterocycles. The Labute approximate surface area is 210 Å². The van der Waals surface area contributed by atoms with Crippen molar-refractivity contribution < 1.29 is 14.4 Å². The smallest absolute Gasteiger partial charge is 0.494 e. The average Bonchev–Trinajstić information content (AvgIpc) is 3.09. The van der Waals surface area contributed by atoms with Crippen LogP contribution < -0.4 is 5.46 Å². The van der Waals surface area contributed by atoms with Gasteiger partial charge in [-0.25, -0.2) is 0 Å². The number of phenols is 1. The van der Waals surface area contributed by atoms with Gasteiger partial charge in [0.25, 0.3) is 0 Å². The lowest BCUT2D eigenvalue weighted by molar-refractivity contribution is 0.00578. The van der Waals surface area contributed by atoms with Crippen LogP contribution in [0.3, 0.4) is 0 Å². The van der Waals surface area contributed by atoms with E-state index in [1.807, 2.05) is 64.1 Å². The number of hydrogen-bond acceptors (Lipinski definition) is 5. The van der Waals surface area contributed by atoms with Crippen LogP contribution in [0.5, 0.6) is 5.75 Å². The Morgan fingerprint density at radius 2 is 1.33 bits per heavy atom. The minimum atomic E-state index is -0.391. The summed E-state index contributed by atoms with van der Waals surface area (Å²) in [7, 11) is -0.391. The van der Waals surface area contributed by atoms with E-state index in [0.29, 0.717) is 5.56 Å². The molecule has 36 heavy (non-hydrogen) atoms. The first-order valence-electron chi connectivity index (χ1n) is 12.1. The van der Waals surface area contributed by atoms with Crippen LogP contribution in [0.2, 0.25) is 0 Å². The number of phenolic OH excluding ortho intramolecular Hbond substituents is 1. The maximum absolute atomic E-state index is 11.0. The highest BCUT2D eigenvalue weighted by molar-refractivity contribution is 6.62. The van der Waals surface area contributed by atoms with Crippen LogP contribution in [0.25, 0.3) is 32.3 Å². The van der Waals surface area contributed by atoms with Crippen LogP contribution in [0.1, 0.15) is 38.8 Å². The van der Waals surface area contributed by atoms with E-state index in [2.05, 4.69) is 46.6 Å². The van der Waals surface area contributed by atoms with E-state index < -0.39 is 7.12 Å². The Hall–Kier alpha value is -3.74. The highest BCUT2D eigenvalue weighted by Crippen LogP contribution is 2.40. The predicted molar refractivity (Wildman–Crippen MR) is 149 cm³/mol. The van der Waals surface area contributed by atoms with Crippen molar-refractivity contribution in [3.05, 3.63) is 83.9 Å². The normalized spacial score (nSPS) is 17.5. The van der Waals surface area contributed by atoms with E-state index in [4.69, 9.17) is 9.31 Å². The van der Waals surface area contributed by atoms with Crippen molar-refractivity contribution in [3.63, 3.8) is 0 Å². The van der Waals surface area contributed by atoms with Crippen molar-refractivity contribution in [1.82, 2.24) is 0 Å². The third kappa shape index (κ3) is 3.65. The first-order chi connectivity index (χ1) is 17.2. The first-order valence-corrected chi connectivity index (χ1v) is 12.1. The zero-order chi connectivity index (χ0) is 25.1. The maximum Gasteiger partial charge on any atom is 0.494 e. The van der Waals surface area contributed by atoms with Gasteiger partial charge in [0.05, 0.1) is 23.6 Å². The second kappa shape index (κ2) is 8.15. The standard InChI is InChI=1S/C30H27BN2O3/c1-29(2)30(3,4)36-31(35-29)24-13-8-19(9-14-24)17-32-33-18-23-16-22-11-10-20-6-5-7-21-12-15-25(28(23)34)27(22)26(20)21/h5-18,34H,1-4H3/b32-17+,33-18+. The van der Waals surface area contributed by atoms with Crippen LogP contribution in [0.4, 0.5) is 0 Å². The van der Waals surface area contributed by atoms with Gasteiger partial charge in [0.2, 0.25) is 0 Å². The lowest BCUT2D eigenvalue weighted by Crippen LogP contribution is -2.41. The molecule has 1 N–H and O–H groups in total. The molecule has 5 aromatic rings. The van der Waals surface area contributed by atoms with Crippen molar-refractivity contribution >= 4 is 57.3 Å². The average molecular weight is 474 g/mol. The van der Waals surface area contributed by atoms with E-state index in [9.17, 15) is 5.11 Å². The summed E-state index contributed by atoms with van der Waals surface area (Å²) in [5.41, 5.74) is 1.77. The molecule has 1 fully saturated rings. The molecule has 6 heteroatoms. The number of nitrogens with zero attached hydrogens (tertiary/aromatic N) is 2. The Bertz CT molecular complexity index is 1620. The van der Waals surface area contributed by atoms with E-state index >= 15 is 0 Å². The largest absolute Gasteiger partial charge is 0.507 e. The van der Waals surface area contributed by atoms with Gasteiger partial charge in [-0.2, -0.15) is 10.2 Å². The molecule has 0 amide bonds. The Balaban J connectivity index is 1.23. The minimum absolute atomic E-state index is 0.214. The molecule has 1 aliphatic heterocycles. The lowest BCUT2D eigenvalue weighted by Gasteiger charge is -2.32. The topological polar surface area (TPSA) is 63.4 Å². The van der Waals surface area contributed by atoms with Crippen LogP contribution in [-0.4, -0.2) is 35.9 Å². The second-order valence-electron chi connectivity index (χ2n) is 10.4. The van der Waals surface area contributed by atoms with Crippen molar-refractivity contribution in [1.29, 1.82) is 0 Å². The monoisotopic (exact) mass is 474 g/mol. The molecule has 0 spiro atoms. The summed E-state index contributed by atoms with van der Waals surface area (Å²) in [6, 6.07) is 24.3. The fraction of sp³-hybridized carbons (Fsp3) is 0.200. The summed E-state index contributed by atoms with van der Waals surface area (Å²) in [4.78, 5) is 0. The highest BCUT2D eigenvalue weighted by atomic mass is 16.7. The van der Waals surface area contributed by atoms with Gasteiger partial charge in [-0.3, -0.25) is 0 Å². The number of benzene rings is 5. The molecule has 6 rings (SSSR count). The molecule has 0 atom stereocenters. The molecule has 5 nitrogen and oxygen atoms in total. The SMILES string of the molecule is CC1(C)OB(c2ccc(/C=N/N=C/c3cc4ccc5cccc6ccc(c3O)c4c56)cc2)OC1(C)C. The predicted octanol–water partition coefficient (Wildman–Crippen LogP) is 6.04. The molecule has 1 aliphatic rings. The van der Waals surface area contributed by atoms with Gasteiger partial charge >= 0.3 is 7.12 Å². The highest BCUT2D eigenvalue weighted by Gasteiger charge is 2.51. The lowest BCUT2D eigenvalue weighted by atomic mass is 9.79. The van der Waals surface area contributed by atoms with Gasteiger partial charge in [0, 0.05) is 16.3 Å². The molecule has 0 unspecified atom stereocenters. The molecular formula is C30H27BN2O3. The molecule has 1 saturated heterocycles. The molecule has 5 aromatic carbocycles. The molecule has 0 aromatic heterocycles. The van der Waals surface area contributed by atoms with Crippen molar-refractivity contribution in [3.8, 4) is 5.75 Å². The van der Waals surface area contributed by atoms with E-state index in [1.165, 1.54) is 16.2 Å². The molecule has 178 valence electrons. The van der Waals surface area contributed by atoms with Crippen molar-refractivity contribution in [2.24, 2.45) is 10.2 Å². The van der Waals surface area contributed by atoms with Crippen LogP contribution in [-0.2, 0) is 9.31 Å². The van der Waals surface area contributed by atoms with Gasteiger partial charge in [-0.1, -0.05) is 60.7 Å². The Morgan fingerprint density at radius 3 is 2.03 bits per heavy atom. The fourth-order valence-corrected chi connectivity index (χ4v) is 4.83. The Kier molecular flexibility index (Phi) is 5.14. The molecular weight excluding hydrogens is 447 g/mol. The summed E-state index contributed by atoms with van der Waals surface area (Å²) in [5.74, 6) is 0.214. The van der Waals surface area contributed by atoms with E-state index in [0.717, 1.165) is 27.2 Å². The van der Waals surface area contributed by atoms with Crippen LogP contribution in [0, 0.1) is 0 Å². The van der Waals surface area contributed by atoms with Gasteiger partial charge in [-0.15, -0.1) is 0 Å². The summed E-state index contributed by atoms with van der Waals surface area (Å²) < 4.78 is 12.2. The summed E-state index contributed by atoms with van der Waals surface area (Å²) in [6.07, 6.45) is 3.28. The zero-order valence-electron chi connectivity index (χ0n) is 20.8. The summed E-state index contributed by atoms with van der Waals surface area (Å²) >= 11 is 0. The van der Waals surface area contributed by atoms with Crippen LogP contribution >= 0.6 is 0 Å². The second-order valence-corrected chi connectivity index (χ2v) is 10.4. The minimum Gasteiger partial charge on any atom is -0.507 e. The van der Waals surface area contributed by atoms with Gasteiger partial charge in [-0.05, 0) is 72.4 Å². The number of rotatable bonds is 4. The number of hydrogen-bond donors (Lipinski definition) is 1. The fourth-order valence-electron chi connectivity index (χ4n) is 4.83. The summed E-state index contributed by atoms with van der Waals surface area (Å²) in [6.45, 7) is 8.18. The molecule has 0 bridgehead atoms. The third-order valence-electron chi connectivity index (χ3n) is 7.58. The zero-order valence-corrected chi connectivity index (χ0v) is 20.8. The van der Waals surface area contributed by atoms with Gasteiger partial charge in [0.1, 0.15) is 5.75 Å². The van der Waals surface area contributed by atoms with Gasteiger partial charge < -0.3 is 14.4 Å². The molecule has 0 aliphatic carbocycles. The third-order valence-corrected chi connectivity index (χ3v) is 7.58. The van der Waals surface area contributed by atoms with Crippen molar-refractivity contribution in [2.75, 3.05) is 0 Å². The molecule has 0 saturated carbocycles. The van der Waals surface area contributed by atoms with E-state index in [1.54, 1.807) is 12.4 Å². The van der Waals surface area contributed by atoms with Crippen molar-refractivity contribution in [2.45, 2.75) is 38.9 Å². The first kappa shape index (κ1) is 22.7. The van der Waals surface area contributed by atoms with Gasteiger partial charge in [0.15, 0.2) is 0 Å². The van der Waals surface area contributed by atoms with Crippen LogP contribution in [0.15, 0.2) is 83.0 Å². The summed E-state index contributed by atoms with van der Waals surface area (Å²) in [5, 5.41) is 25.9. The quantitative estimate of drug-likeness (QED) is 0.150. The Morgan fingerprint density at radius 1 is 0.722 bits per heavy atom. The van der Waals surface area contributed by atoms with E-state index in [-0.39, 0.29) is 17.0 Å². The molecule has 0 radical (unpaired) electrons.